The van der Waals surface area contributed by atoms with Crippen molar-refractivity contribution in [3.8, 4) is 22.2 Å². The van der Waals surface area contributed by atoms with Gasteiger partial charge in [0.1, 0.15) is 10.7 Å². The lowest BCUT2D eigenvalue weighted by molar-refractivity contribution is 0.0946. The molecule has 0 radical (unpaired) electrons. The Balaban J connectivity index is 1.44. The number of hydrogen-bond acceptors (Lipinski definition) is 5. The number of aryl methyl sites for hydroxylation is 1. The van der Waals surface area contributed by atoms with E-state index in [1.165, 1.54) is 11.3 Å². The van der Waals surface area contributed by atoms with Gasteiger partial charge >= 0.3 is 0 Å². The van der Waals surface area contributed by atoms with Crippen LogP contribution in [0.15, 0.2) is 35.7 Å². The van der Waals surface area contributed by atoms with Gasteiger partial charge < -0.3 is 19.4 Å². The van der Waals surface area contributed by atoms with E-state index >= 15 is 0 Å². The van der Waals surface area contributed by atoms with E-state index in [4.69, 9.17) is 9.47 Å². The molecule has 7 heteroatoms. The van der Waals surface area contributed by atoms with Crippen LogP contribution in [0.3, 0.4) is 0 Å². The molecule has 1 aliphatic rings. The fourth-order valence-corrected chi connectivity index (χ4v) is 3.51. The average molecular weight is 355 g/mol. The van der Waals surface area contributed by atoms with Crippen molar-refractivity contribution in [1.29, 1.82) is 0 Å². The monoisotopic (exact) mass is 355 g/mol. The predicted molar refractivity (Wildman–Crippen MR) is 95.0 cm³/mol. The highest BCUT2D eigenvalue weighted by atomic mass is 32.1. The third-order valence-corrected chi connectivity index (χ3v) is 5.08. The number of nitrogens with zero attached hydrogens (tertiary/aromatic N) is 2. The number of benzene rings is 1. The van der Waals surface area contributed by atoms with Crippen LogP contribution in [0.4, 0.5) is 0 Å². The summed E-state index contributed by atoms with van der Waals surface area (Å²) in [6.07, 6.45) is 0. The van der Waals surface area contributed by atoms with Gasteiger partial charge in [0.15, 0.2) is 11.5 Å². The molecular weight excluding hydrogens is 338 g/mol. The Morgan fingerprint density at radius 1 is 1.28 bits per heavy atom. The standard InChI is InChI=1S/C18H17N3O3S/c1-11-3-5-14(21(11)2)18-20-13(9-25-18)17(22)19-8-12-4-6-15-16(7-12)24-10-23-15/h3-7,9H,8,10H2,1-2H3,(H,19,22). The van der Waals surface area contributed by atoms with Gasteiger partial charge in [-0.3, -0.25) is 4.79 Å². The maximum Gasteiger partial charge on any atom is 0.271 e. The lowest BCUT2D eigenvalue weighted by atomic mass is 10.2. The number of amides is 1. The van der Waals surface area contributed by atoms with Crippen molar-refractivity contribution in [2.24, 2.45) is 7.05 Å². The Morgan fingerprint density at radius 2 is 2.12 bits per heavy atom. The minimum atomic E-state index is -0.189. The first kappa shape index (κ1) is 15.7. The highest BCUT2D eigenvalue weighted by Gasteiger charge is 2.16. The molecule has 1 aromatic carbocycles. The Bertz CT molecular complexity index is 945. The lowest BCUT2D eigenvalue weighted by Gasteiger charge is -2.05. The molecule has 1 aliphatic heterocycles. The zero-order chi connectivity index (χ0) is 17.4. The third kappa shape index (κ3) is 2.98. The smallest absolute Gasteiger partial charge is 0.271 e. The molecule has 0 atom stereocenters. The molecule has 0 spiro atoms. The number of aromatic nitrogens is 2. The van der Waals surface area contributed by atoms with Crippen molar-refractivity contribution in [3.05, 3.63) is 52.7 Å². The van der Waals surface area contributed by atoms with E-state index < -0.39 is 0 Å². The van der Waals surface area contributed by atoms with Crippen LogP contribution >= 0.6 is 11.3 Å². The molecule has 4 rings (SSSR count). The first-order valence-electron chi connectivity index (χ1n) is 7.87. The number of rotatable bonds is 4. The van der Waals surface area contributed by atoms with Crippen LogP contribution in [0, 0.1) is 6.92 Å². The Kier molecular flexibility index (Phi) is 3.93. The largest absolute Gasteiger partial charge is 0.454 e. The maximum absolute atomic E-state index is 12.4. The van der Waals surface area contributed by atoms with Gasteiger partial charge in [0.25, 0.3) is 5.91 Å². The summed E-state index contributed by atoms with van der Waals surface area (Å²) in [7, 11) is 1.99. The molecule has 0 unspecified atom stereocenters. The number of thiazole rings is 1. The van der Waals surface area contributed by atoms with Crippen LogP contribution in [0.1, 0.15) is 21.7 Å². The number of fused-ring (bicyclic) bond motifs is 1. The normalized spacial score (nSPS) is 12.4. The SMILES string of the molecule is Cc1ccc(-c2nc(C(=O)NCc3ccc4c(c3)OCO4)cs2)n1C. The summed E-state index contributed by atoms with van der Waals surface area (Å²) >= 11 is 1.47. The molecule has 3 heterocycles. The minimum Gasteiger partial charge on any atom is -0.454 e. The van der Waals surface area contributed by atoms with Gasteiger partial charge in [-0.05, 0) is 36.8 Å². The van der Waals surface area contributed by atoms with Crippen molar-refractivity contribution in [1.82, 2.24) is 14.9 Å². The summed E-state index contributed by atoms with van der Waals surface area (Å²) in [6.45, 7) is 2.69. The number of carbonyl (C=O) groups excluding carboxylic acids is 1. The van der Waals surface area contributed by atoms with Gasteiger partial charge in [-0.2, -0.15) is 0 Å². The summed E-state index contributed by atoms with van der Waals surface area (Å²) in [5.41, 5.74) is 3.54. The molecule has 0 aliphatic carbocycles. The van der Waals surface area contributed by atoms with Crippen LogP contribution in [0.25, 0.3) is 10.7 Å². The van der Waals surface area contributed by atoms with Crippen LogP contribution in [-0.4, -0.2) is 22.3 Å². The molecule has 6 nitrogen and oxygen atoms in total. The minimum absolute atomic E-state index is 0.189. The van der Waals surface area contributed by atoms with Crippen LogP contribution in [0.5, 0.6) is 11.5 Å². The number of nitrogens with one attached hydrogen (secondary N) is 1. The van der Waals surface area contributed by atoms with Gasteiger partial charge in [-0.15, -0.1) is 11.3 Å². The highest BCUT2D eigenvalue weighted by Crippen LogP contribution is 2.32. The van der Waals surface area contributed by atoms with Crippen LogP contribution in [-0.2, 0) is 13.6 Å². The van der Waals surface area contributed by atoms with E-state index in [0.717, 1.165) is 27.7 Å². The van der Waals surface area contributed by atoms with Gasteiger partial charge in [-0.25, -0.2) is 4.98 Å². The summed E-state index contributed by atoms with van der Waals surface area (Å²) in [5.74, 6) is 1.25. The first-order valence-corrected chi connectivity index (χ1v) is 8.75. The van der Waals surface area contributed by atoms with E-state index in [1.807, 2.05) is 44.3 Å². The summed E-state index contributed by atoms with van der Waals surface area (Å²) < 4.78 is 12.7. The first-order chi connectivity index (χ1) is 12.1. The predicted octanol–water partition coefficient (Wildman–Crippen LogP) is 3.12. The Morgan fingerprint density at radius 3 is 2.92 bits per heavy atom. The molecule has 1 N–H and O–H groups in total. The maximum atomic E-state index is 12.4. The van der Waals surface area contributed by atoms with E-state index in [2.05, 4.69) is 14.9 Å². The van der Waals surface area contributed by atoms with E-state index in [0.29, 0.717) is 18.0 Å². The quantitative estimate of drug-likeness (QED) is 0.781. The molecule has 128 valence electrons. The molecule has 1 amide bonds. The molecule has 0 saturated carbocycles. The third-order valence-electron chi connectivity index (χ3n) is 4.22. The van der Waals surface area contributed by atoms with Gasteiger partial charge in [0.2, 0.25) is 6.79 Å². The van der Waals surface area contributed by atoms with Crippen molar-refractivity contribution < 1.29 is 14.3 Å². The van der Waals surface area contributed by atoms with Crippen molar-refractivity contribution in [2.75, 3.05) is 6.79 Å². The topological polar surface area (TPSA) is 65.4 Å². The highest BCUT2D eigenvalue weighted by molar-refractivity contribution is 7.13. The van der Waals surface area contributed by atoms with Crippen LogP contribution in [0.2, 0.25) is 0 Å². The van der Waals surface area contributed by atoms with Gasteiger partial charge in [0, 0.05) is 24.7 Å². The van der Waals surface area contributed by atoms with E-state index in [1.54, 1.807) is 5.38 Å². The van der Waals surface area contributed by atoms with E-state index in [9.17, 15) is 4.79 Å². The van der Waals surface area contributed by atoms with Gasteiger partial charge in [-0.1, -0.05) is 6.07 Å². The summed E-state index contributed by atoms with van der Waals surface area (Å²) in [5, 5.41) is 5.51. The summed E-state index contributed by atoms with van der Waals surface area (Å²) in [6, 6.07) is 9.69. The second-order valence-corrected chi connectivity index (χ2v) is 6.69. The molecule has 25 heavy (non-hydrogen) atoms. The number of carbonyl (C=O) groups is 1. The second kappa shape index (κ2) is 6.25. The second-order valence-electron chi connectivity index (χ2n) is 5.83. The fraction of sp³-hybridized carbons (Fsp3) is 0.222. The van der Waals surface area contributed by atoms with Crippen LogP contribution < -0.4 is 14.8 Å². The molecule has 0 saturated heterocycles. The molecule has 2 aromatic heterocycles. The Hall–Kier alpha value is -2.80. The van der Waals surface area contributed by atoms with Crippen molar-refractivity contribution >= 4 is 17.2 Å². The molecule has 3 aromatic rings. The number of ether oxygens (including phenoxy) is 2. The summed E-state index contributed by atoms with van der Waals surface area (Å²) in [4.78, 5) is 16.8. The molecular formula is C18H17N3O3S. The zero-order valence-electron chi connectivity index (χ0n) is 13.9. The molecule has 0 fully saturated rings. The van der Waals surface area contributed by atoms with Crippen molar-refractivity contribution in [2.45, 2.75) is 13.5 Å². The fourth-order valence-electron chi connectivity index (χ4n) is 2.65. The number of hydrogen-bond donors (Lipinski definition) is 1. The molecule has 0 bridgehead atoms. The van der Waals surface area contributed by atoms with Crippen molar-refractivity contribution in [3.63, 3.8) is 0 Å². The average Bonchev–Trinajstić information content (AvgIpc) is 3.33. The van der Waals surface area contributed by atoms with E-state index in [-0.39, 0.29) is 12.7 Å². The Labute approximate surface area is 149 Å². The zero-order valence-corrected chi connectivity index (χ0v) is 14.7. The van der Waals surface area contributed by atoms with Gasteiger partial charge in [0.05, 0.1) is 5.69 Å². The lowest BCUT2D eigenvalue weighted by Crippen LogP contribution is -2.23.